The van der Waals surface area contributed by atoms with Crippen LogP contribution >= 0.6 is 23.2 Å². The van der Waals surface area contributed by atoms with Gasteiger partial charge in [-0.15, -0.1) is 0 Å². The molecular formula is C20H22Cl2N2O4S. The largest absolute Gasteiger partial charge is 0.490 e. The van der Waals surface area contributed by atoms with Crippen LogP contribution in [0.3, 0.4) is 0 Å². The van der Waals surface area contributed by atoms with Crippen molar-refractivity contribution in [3.05, 3.63) is 58.6 Å². The molecule has 9 heteroatoms. The summed E-state index contributed by atoms with van der Waals surface area (Å²) in [6.07, 6.45) is 1.27. The van der Waals surface area contributed by atoms with Crippen LogP contribution in [0.25, 0.3) is 0 Å². The second-order valence-electron chi connectivity index (χ2n) is 6.73. The minimum atomic E-state index is -3.66. The zero-order valence-corrected chi connectivity index (χ0v) is 18.0. The van der Waals surface area contributed by atoms with Gasteiger partial charge in [0.2, 0.25) is 15.9 Å². The van der Waals surface area contributed by atoms with Crippen LogP contribution in [0, 0.1) is 5.92 Å². The molecule has 0 aliphatic carbocycles. The van der Waals surface area contributed by atoms with Crippen molar-refractivity contribution in [2.45, 2.75) is 17.7 Å². The fraction of sp³-hybridized carbons (Fsp3) is 0.350. The highest BCUT2D eigenvalue weighted by Gasteiger charge is 2.33. The number of carbonyl (C=O) groups is 1. The summed E-state index contributed by atoms with van der Waals surface area (Å²) in [5, 5.41) is 3.80. The lowest BCUT2D eigenvalue weighted by Gasteiger charge is -2.31. The number of halogens is 2. The second-order valence-corrected chi connectivity index (χ2v) is 9.51. The normalized spacial score (nSPS) is 17.7. The first-order valence-corrected chi connectivity index (χ1v) is 11.5. The molecule has 3 rings (SSSR count). The molecule has 0 radical (unpaired) electrons. The summed E-state index contributed by atoms with van der Waals surface area (Å²) in [4.78, 5) is 12.7. The van der Waals surface area contributed by atoms with E-state index in [-0.39, 0.29) is 24.0 Å². The number of sulfonamides is 1. The van der Waals surface area contributed by atoms with E-state index in [4.69, 9.17) is 27.9 Å². The zero-order chi connectivity index (χ0) is 20.9. The highest BCUT2D eigenvalue weighted by molar-refractivity contribution is 7.89. The van der Waals surface area contributed by atoms with Gasteiger partial charge in [0.25, 0.3) is 0 Å². The minimum Gasteiger partial charge on any atom is -0.490 e. The van der Waals surface area contributed by atoms with E-state index in [0.29, 0.717) is 41.7 Å². The van der Waals surface area contributed by atoms with Crippen LogP contribution in [0.2, 0.25) is 10.0 Å². The first-order valence-electron chi connectivity index (χ1n) is 9.28. The standard InChI is InChI=1S/C20H22Cl2N2O4S/c21-16-7-9-17(10-8-16)29(26,27)24-12-3-4-15(14-24)20(25)23-11-13-28-19-6-2-1-5-18(19)22/h1-2,5-10,15H,3-4,11-14H2,(H,23,25)/t15-/m0/s1. The monoisotopic (exact) mass is 456 g/mol. The fourth-order valence-electron chi connectivity index (χ4n) is 3.17. The first kappa shape index (κ1) is 21.9. The van der Waals surface area contributed by atoms with E-state index in [9.17, 15) is 13.2 Å². The summed E-state index contributed by atoms with van der Waals surface area (Å²) in [5.41, 5.74) is 0. The van der Waals surface area contributed by atoms with Crippen LogP contribution < -0.4 is 10.1 Å². The number of nitrogens with zero attached hydrogens (tertiary/aromatic N) is 1. The van der Waals surface area contributed by atoms with Crippen LogP contribution in [-0.4, -0.2) is 44.9 Å². The van der Waals surface area contributed by atoms with E-state index in [1.165, 1.54) is 16.4 Å². The van der Waals surface area contributed by atoms with Gasteiger partial charge < -0.3 is 10.1 Å². The Kier molecular flexibility index (Phi) is 7.40. The van der Waals surface area contributed by atoms with E-state index >= 15 is 0 Å². The molecule has 29 heavy (non-hydrogen) atoms. The molecule has 0 bridgehead atoms. The fourth-order valence-corrected chi connectivity index (χ4v) is 5.01. The number of piperidine rings is 1. The number of hydrogen-bond donors (Lipinski definition) is 1. The number of amides is 1. The van der Waals surface area contributed by atoms with Crippen LogP contribution in [0.1, 0.15) is 12.8 Å². The Balaban J connectivity index is 1.52. The highest BCUT2D eigenvalue weighted by atomic mass is 35.5. The third-order valence-corrected chi connectivity index (χ3v) is 7.15. The lowest BCUT2D eigenvalue weighted by molar-refractivity contribution is -0.126. The van der Waals surface area contributed by atoms with Gasteiger partial charge in [0.05, 0.1) is 22.4 Å². The second kappa shape index (κ2) is 9.80. The summed E-state index contributed by atoms with van der Waals surface area (Å²) >= 11 is 11.9. The molecule has 6 nitrogen and oxygen atoms in total. The van der Waals surface area contributed by atoms with Crippen molar-refractivity contribution in [2.24, 2.45) is 5.92 Å². The molecule has 1 N–H and O–H groups in total. The molecule has 156 valence electrons. The first-order chi connectivity index (χ1) is 13.9. The molecule has 1 atom stereocenters. The maximum Gasteiger partial charge on any atom is 0.243 e. The van der Waals surface area contributed by atoms with Crippen LogP contribution in [0.15, 0.2) is 53.4 Å². The molecular weight excluding hydrogens is 435 g/mol. The topological polar surface area (TPSA) is 75.7 Å². The van der Waals surface area contributed by atoms with Crippen molar-refractivity contribution in [3.8, 4) is 5.75 Å². The van der Waals surface area contributed by atoms with Gasteiger partial charge in [0.15, 0.2) is 0 Å². The van der Waals surface area contributed by atoms with Gasteiger partial charge in [0, 0.05) is 18.1 Å². The number of carbonyl (C=O) groups excluding carboxylic acids is 1. The summed E-state index contributed by atoms with van der Waals surface area (Å²) in [5.74, 6) is -0.0174. The third kappa shape index (κ3) is 5.63. The zero-order valence-electron chi connectivity index (χ0n) is 15.7. The predicted molar refractivity (Wildman–Crippen MR) is 113 cm³/mol. The van der Waals surface area contributed by atoms with Gasteiger partial charge in [-0.1, -0.05) is 35.3 Å². The van der Waals surface area contributed by atoms with Gasteiger partial charge in [-0.3, -0.25) is 4.79 Å². The highest BCUT2D eigenvalue weighted by Crippen LogP contribution is 2.25. The molecule has 1 amide bonds. The van der Waals surface area contributed by atoms with Crippen molar-refractivity contribution in [1.29, 1.82) is 0 Å². The minimum absolute atomic E-state index is 0.155. The quantitative estimate of drug-likeness (QED) is 0.645. The molecule has 0 saturated carbocycles. The number of nitrogens with one attached hydrogen (secondary N) is 1. The van der Waals surface area contributed by atoms with Gasteiger partial charge in [-0.2, -0.15) is 4.31 Å². The van der Waals surface area contributed by atoms with E-state index in [0.717, 1.165) is 0 Å². The summed E-state index contributed by atoms with van der Waals surface area (Å²) < 4.78 is 32.6. The molecule has 1 aliphatic heterocycles. The maximum absolute atomic E-state index is 12.8. The van der Waals surface area contributed by atoms with Crippen molar-refractivity contribution < 1.29 is 17.9 Å². The predicted octanol–water partition coefficient (Wildman–Crippen LogP) is 3.59. The Morgan fingerprint density at radius 1 is 1.14 bits per heavy atom. The molecule has 1 fully saturated rings. The summed E-state index contributed by atoms with van der Waals surface area (Å²) in [6, 6.07) is 13.2. The SMILES string of the molecule is O=C(NCCOc1ccccc1Cl)[C@H]1CCCN(S(=O)(=O)c2ccc(Cl)cc2)C1. The van der Waals surface area contributed by atoms with Crippen molar-refractivity contribution in [1.82, 2.24) is 9.62 Å². The van der Waals surface area contributed by atoms with Gasteiger partial charge in [-0.05, 0) is 49.2 Å². The van der Waals surface area contributed by atoms with E-state index in [2.05, 4.69) is 5.32 Å². The molecule has 2 aromatic rings. The van der Waals surface area contributed by atoms with Gasteiger partial charge >= 0.3 is 0 Å². The Labute approximate surface area is 180 Å². The van der Waals surface area contributed by atoms with Crippen LogP contribution in [-0.2, 0) is 14.8 Å². The van der Waals surface area contributed by atoms with Gasteiger partial charge in [-0.25, -0.2) is 8.42 Å². The summed E-state index contributed by atoms with van der Waals surface area (Å²) in [6.45, 7) is 1.13. The molecule has 1 aliphatic rings. The van der Waals surface area contributed by atoms with Crippen molar-refractivity contribution in [2.75, 3.05) is 26.2 Å². The Hall–Kier alpha value is -1.80. The number of benzene rings is 2. The summed E-state index contributed by atoms with van der Waals surface area (Å²) in [7, 11) is -3.66. The molecule has 1 heterocycles. The molecule has 0 aromatic heterocycles. The van der Waals surface area contributed by atoms with E-state index in [1.54, 1.807) is 24.3 Å². The van der Waals surface area contributed by atoms with Gasteiger partial charge in [0.1, 0.15) is 12.4 Å². The molecule has 0 unspecified atom stereocenters. The van der Waals surface area contributed by atoms with Crippen LogP contribution in [0.5, 0.6) is 5.75 Å². The number of para-hydroxylation sites is 1. The molecule has 0 spiro atoms. The Bertz CT molecular complexity index is 951. The van der Waals surface area contributed by atoms with E-state index < -0.39 is 15.9 Å². The third-order valence-electron chi connectivity index (χ3n) is 4.70. The van der Waals surface area contributed by atoms with Crippen molar-refractivity contribution >= 4 is 39.1 Å². The molecule has 1 saturated heterocycles. The lowest BCUT2D eigenvalue weighted by atomic mass is 9.99. The Morgan fingerprint density at radius 3 is 2.59 bits per heavy atom. The Morgan fingerprint density at radius 2 is 1.86 bits per heavy atom. The maximum atomic E-state index is 12.8. The average Bonchev–Trinajstić information content (AvgIpc) is 2.72. The smallest absolute Gasteiger partial charge is 0.243 e. The average molecular weight is 457 g/mol. The van der Waals surface area contributed by atoms with E-state index in [1.807, 2.05) is 12.1 Å². The number of rotatable bonds is 7. The number of ether oxygens (including phenoxy) is 1. The lowest BCUT2D eigenvalue weighted by Crippen LogP contribution is -2.45. The molecule has 2 aromatic carbocycles. The van der Waals surface area contributed by atoms with Crippen molar-refractivity contribution in [3.63, 3.8) is 0 Å². The van der Waals surface area contributed by atoms with Crippen LogP contribution in [0.4, 0.5) is 0 Å². The number of hydrogen-bond acceptors (Lipinski definition) is 4.